The summed E-state index contributed by atoms with van der Waals surface area (Å²) in [5.41, 5.74) is 1.30. The third-order valence-corrected chi connectivity index (χ3v) is 7.26. The number of aromatic nitrogens is 1. The summed E-state index contributed by atoms with van der Waals surface area (Å²) in [6.07, 6.45) is -2.01. The van der Waals surface area contributed by atoms with Crippen molar-refractivity contribution in [2.45, 2.75) is 29.0 Å². The van der Waals surface area contributed by atoms with Crippen LogP contribution in [0.1, 0.15) is 30.1 Å². The molecule has 2 aromatic heterocycles. The highest BCUT2D eigenvalue weighted by Crippen LogP contribution is 2.42. The summed E-state index contributed by atoms with van der Waals surface area (Å²) in [6, 6.07) is 13.7. The number of nitrogens with zero attached hydrogens (tertiary/aromatic N) is 1. The number of hydrogen-bond acceptors (Lipinski definition) is 5. The summed E-state index contributed by atoms with van der Waals surface area (Å²) in [6.45, 7) is 0. The molecule has 0 amide bonds. The fraction of sp³-hybridized carbons (Fsp3) is 0.235. The molecule has 9 heteroatoms. The topological polar surface area (TPSA) is 72.2 Å². The van der Waals surface area contributed by atoms with Crippen molar-refractivity contribution in [2.75, 3.05) is 0 Å². The predicted molar refractivity (Wildman–Crippen MR) is 92.7 cm³/mol. The van der Waals surface area contributed by atoms with E-state index in [9.17, 15) is 17.2 Å². The van der Waals surface area contributed by atoms with Crippen LogP contribution < -0.4 is 4.72 Å². The molecular weight excluding hydrogens is 382 g/mol. The van der Waals surface area contributed by atoms with Crippen molar-refractivity contribution in [2.24, 2.45) is 0 Å². The average Bonchev–Trinajstić information content (AvgIpc) is 3.05. The normalized spacial score (nSPS) is 19.8. The molecule has 0 saturated heterocycles. The van der Waals surface area contributed by atoms with E-state index in [2.05, 4.69) is 14.4 Å². The molecule has 3 aromatic rings. The Labute approximate surface area is 152 Å². The van der Waals surface area contributed by atoms with Gasteiger partial charge < -0.3 is 4.52 Å². The van der Waals surface area contributed by atoms with Crippen LogP contribution >= 0.6 is 11.3 Å². The number of benzene rings is 1. The van der Waals surface area contributed by atoms with E-state index in [1.54, 1.807) is 0 Å². The van der Waals surface area contributed by atoms with Gasteiger partial charge in [0.15, 0.2) is 0 Å². The van der Waals surface area contributed by atoms with E-state index < -0.39 is 22.2 Å². The lowest BCUT2D eigenvalue weighted by Crippen LogP contribution is -2.26. The molecule has 1 fully saturated rings. The molecule has 0 radical (unpaired) electrons. The van der Waals surface area contributed by atoms with Crippen molar-refractivity contribution >= 4 is 21.4 Å². The SMILES string of the molecule is O=S(=O)(N[C@H]1C[C@@H]1c1ccccc1)c1ccc(-c2cc(C(F)F)on2)s1. The quantitative estimate of drug-likeness (QED) is 0.679. The van der Waals surface area contributed by atoms with Crippen molar-refractivity contribution < 1.29 is 21.7 Å². The summed E-state index contributed by atoms with van der Waals surface area (Å²) in [5, 5.41) is 3.57. The summed E-state index contributed by atoms with van der Waals surface area (Å²) >= 11 is 0.967. The van der Waals surface area contributed by atoms with Crippen LogP contribution in [-0.4, -0.2) is 19.6 Å². The molecule has 4 rings (SSSR count). The molecule has 0 aliphatic heterocycles. The molecule has 0 unspecified atom stereocenters. The average molecular weight is 396 g/mol. The maximum absolute atomic E-state index is 12.6. The van der Waals surface area contributed by atoms with Gasteiger partial charge in [-0.3, -0.25) is 0 Å². The van der Waals surface area contributed by atoms with Gasteiger partial charge in [-0.25, -0.2) is 21.9 Å². The predicted octanol–water partition coefficient (Wildman–Crippen LogP) is 4.18. The monoisotopic (exact) mass is 396 g/mol. The largest absolute Gasteiger partial charge is 0.355 e. The van der Waals surface area contributed by atoms with Gasteiger partial charge in [-0.15, -0.1) is 11.3 Å². The van der Waals surface area contributed by atoms with E-state index in [4.69, 9.17) is 0 Å². The Bertz CT molecular complexity index is 1020. The number of alkyl halides is 2. The Kier molecular flexibility index (Phi) is 4.37. The highest BCUT2D eigenvalue weighted by molar-refractivity contribution is 7.91. The van der Waals surface area contributed by atoms with Crippen LogP contribution in [0.15, 0.2) is 57.3 Å². The third kappa shape index (κ3) is 3.42. The van der Waals surface area contributed by atoms with E-state index >= 15 is 0 Å². The highest BCUT2D eigenvalue weighted by atomic mass is 32.2. The number of sulfonamides is 1. The number of halogens is 2. The molecule has 1 aliphatic carbocycles. The summed E-state index contributed by atoms with van der Waals surface area (Å²) in [4.78, 5) is 0.455. The van der Waals surface area contributed by atoms with Crippen LogP contribution in [0.3, 0.4) is 0 Å². The van der Waals surface area contributed by atoms with Gasteiger partial charge in [-0.2, -0.15) is 0 Å². The first-order valence-electron chi connectivity index (χ1n) is 7.86. The minimum atomic E-state index is -3.67. The van der Waals surface area contributed by atoms with Crippen LogP contribution in [-0.2, 0) is 10.0 Å². The fourth-order valence-electron chi connectivity index (χ4n) is 2.76. The molecule has 2 atom stereocenters. The van der Waals surface area contributed by atoms with E-state index in [0.717, 1.165) is 29.4 Å². The van der Waals surface area contributed by atoms with Gasteiger partial charge in [-0.05, 0) is 24.1 Å². The second-order valence-corrected chi connectivity index (χ2v) is 9.04. The van der Waals surface area contributed by atoms with Gasteiger partial charge in [0.05, 0.1) is 4.88 Å². The lowest BCUT2D eigenvalue weighted by Gasteiger charge is -2.04. The third-order valence-electron chi connectivity index (χ3n) is 4.17. The number of hydrogen-bond donors (Lipinski definition) is 1. The van der Waals surface area contributed by atoms with Crippen LogP contribution in [0.2, 0.25) is 0 Å². The zero-order valence-electron chi connectivity index (χ0n) is 13.3. The van der Waals surface area contributed by atoms with Crippen molar-refractivity contribution in [3.05, 3.63) is 59.9 Å². The van der Waals surface area contributed by atoms with E-state index in [1.165, 1.54) is 12.1 Å². The van der Waals surface area contributed by atoms with E-state index in [-0.39, 0.29) is 21.9 Å². The number of rotatable bonds is 6. The molecule has 1 aliphatic rings. The van der Waals surface area contributed by atoms with Crippen LogP contribution in [0, 0.1) is 0 Å². The molecule has 136 valence electrons. The number of nitrogens with one attached hydrogen (secondary N) is 1. The standard InChI is InChI=1S/C17H14F2N2O3S2/c18-17(19)14-9-13(20-24-14)15-6-7-16(25-15)26(22,23)21-12-8-11(12)10-4-2-1-3-5-10/h1-7,9,11-12,17,21H,8H2/t11-,12+/m1/s1. The van der Waals surface area contributed by atoms with Gasteiger partial charge in [0.25, 0.3) is 6.43 Å². The Morgan fingerprint density at radius 2 is 1.96 bits per heavy atom. The summed E-state index contributed by atoms with van der Waals surface area (Å²) < 4.78 is 57.6. The van der Waals surface area contributed by atoms with Crippen molar-refractivity contribution in [1.29, 1.82) is 0 Å². The smallest absolute Gasteiger partial charge is 0.298 e. The van der Waals surface area contributed by atoms with Gasteiger partial charge in [-0.1, -0.05) is 35.5 Å². The molecule has 0 bridgehead atoms. The first kappa shape index (κ1) is 17.3. The maximum atomic E-state index is 12.6. The summed E-state index contributed by atoms with van der Waals surface area (Å²) in [7, 11) is -3.67. The van der Waals surface area contributed by atoms with Crippen LogP contribution in [0.25, 0.3) is 10.6 Å². The van der Waals surface area contributed by atoms with Crippen molar-refractivity contribution in [3.8, 4) is 10.6 Å². The van der Waals surface area contributed by atoms with Gasteiger partial charge >= 0.3 is 0 Å². The van der Waals surface area contributed by atoms with Crippen LogP contribution in [0.5, 0.6) is 0 Å². The molecule has 0 spiro atoms. The number of thiophene rings is 1. The minimum absolute atomic E-state index is 0.118. The molecule has 1 saturated carbocycles. The Morgan fingerprint density at radius 3 is 2.65 bits per heavy atom. The highest BCUT2D eigenvalue weighted by Gasteiger charge is 2.41. The van der Waals surface area contributed by atoms with Crippen molar-refractivity contribution in [1.82, 2.24) is 9.88 Å². The second kappa shape index (κ2) is 6.57. The van der Waals surface area contributed by atoms with E-state index in [1.807, 2.05) is 30.3 Å². The van der Waals surface area contributed by atoms with Gasteiger partial charge in [0.2, 0.25) is 15.8 Å². The second-order valence-electron chi connectivity index (χ2n) is 6.01. The molecule has 5 nitrogen and oxygen atoms in total. The molecule has 1 N–H and O–H groups in total. The minimum Gasteiger partial charge on any atom is -0.355 e. The molecule has 26 heavy (non-hydrogen) atoms. The zero-order valence-corrected chi connectivity index (χ0v) is 14.9. The Balaban J connectivity index is 1.48. The van der Waals surface area contributed by atoms with Gasteiger partial charge in [0.1, 0.15) is 9.90 Å². The van der Waals surface area contributed by atoms with Crippen LogP contribution in [0.4, 0.5) is 8.78 Å². The zero-order chi connectivity index (χ0) is 18.3. The summed E-state index contributed by atoms with van der Waals surface area (Å²) in [5.74, 6) is -0.367. The van der Waals surface area contributed by atoms with Crippen molar-refractivity contribution in [3.63, 3.8) is 0 Å². The molecular formula is C17H14F2N2O3S2. The molecule has 2 heterocycles. The first-order chi connectivity index (χ1) is 12.4. The lowest BCUT2D eigenvalue weighted by molar-refractivity contribution is 0.112. The van der Waals surface area contributed by atoms with E-state index in [0.29, 0.717) is 4.88 Å². The Morgan fingerprint density at radius 1 is 1.19 bits per heavy atom. The first-order valence-corrected chi connectivity index (χ1v) is 10.2. The molecule has 1 aromatic carbocycles. The van der Waals surface area contributed by atoms with Gasteiger partial charge in [0, 0.05) is 18.0 Å². The lowest BCUT2D eigenvalue weighted by atomic mass is 10.1. The maximum Gasteiger partial charge on any atom is 0.298 e. The fourth-order valence-corrected chi connectivity index (χ4v) is 5.33. The Hall–Kier alpha value is -2.10.